The molecule has 19 heavy (non-hydrogen) atoms. The van der Waals surface area contributed by atoms with Crippen LogP contribution in [-0.4, -0.2) is 22.8 Å². The smallest absolute Gasteiger partial charge is 0.344 e. The highest BCUT2D eigenvalue weighted by Gasteiger charge is 2.58. The van der Waals surface area contributed by atoms with Gasteiger partial charge in [-0.1, -0.05) is 27.7 Å². The first-order chi connectivity index (χ1) is 8.94. The van der Waals surface area contributed by atoms with Gasteiger partial charge in [0.25, 0.3) is 0 Å². The van der Waals surface area contributed by atoms with Gasteiger partial charge in [0.15, 0.2) is 0 Å². The summed E-state index contributed by atoms with van der Waals surface area (Å²) in [6.45, 7) is 9.61. The predicted molar refractivity (Wildman–Crippen MR) is 82.4 cm³/mol. The fraction of sp³-hybridized carbons (Fsp3) is 1.00. The van der Waals surface area contributed by atoms with Gasteiger partial charge in [-0.3, -0.25) is 0 Å². The molecule has 0 bridgehead atoms. The third-order valence-electron chi connectivity index (χ3n) is 5.91. The van der Waals surface area contributed by atoms with Gasteiger partial charge in [-0.15, -0.1) is 0 Å². The monoisotopic (exact) mass is 284 g/mol. The van der Waals surface area contributed by atoms with E-state index in [2.05, 4.69) is 27.7 Å². The highest BCUT2D eigenvalue weighted by Crippen LogP contribution is 2.56. The van der Waals surface area contributed by atoms with Crippen molar-refractivity contribution in [2.24, 2.45) is 23.7 Å². The molecule has 0 heterocycles. The van der Waals surface area contributed by atoms with Crippen LogP contribution in [-0.2, 0) is 8.85 Å². The molecular formula is C16H32O2Si. The summed E-state index contributed by atoms with van der Waals surface area (Å²) in [5, 5.41) is 0. The molecule has 2 saturated carbocycles. The second-order valence-corrected chi connectivity index (χ2v) is 11.2. The van der Waals surface area contributed by atoms with Gasteiger partial charge in [0.05, 0.1) is 0 Å². The second-order valence-electron chi connectivity index (χ2n) is 7.45. The van der Waals surface area contributed by atoms with E-state index < -0.39 is 8.56 Å². The first kappa shape index (κ1) is 15.5. The van der Waals surface area contributed by atoms with Crippen LogP contribution in [0.1, 0.15) is 53.4 Å². The normalized spacial score (nSPS) is 43.9. The maximum absolute atomic E-state index is 6.21. The highest BCUT2D eigenvalue weighted by molar-refractivity contribution is 6.70. The fourth-order valence-electron chi connectivity index (χ4n) is 5.21. The van der Waals surface area contributed by atoms with E-state index in [-0.39, 0.29) is 0 Å². The van der Waals surface area contributed by atoms with Crippen molar-refractivity contribution in [3.63, 3.8) is 0 Å². The summed E-state index contributed by atoms with van der Waals surface area (Å²) < 4.78 is 12.4. The van der Waals surface area contributed by atoms with Crippen molar-refractivity contribution >= 4 is 8.56 Å². The topological polar surface area (TPSA) is 18.5 Å². The average Bonchev–Trinajstić information content (AvgIpc) is 2.86. The molecule has 2 fully saturated rings. The Morgan fingerprint density at radius 2 is 1.05 bits per heavy atom. The van der Waals surface area contributed by atoms with Crippen molar-refractivity contribution in [1.29, 1.82) is 0 Å². The number of hydrogen-bond donors (Lipinski definition) is 0. The van der Waals surface area contributed by atoms with Crippen LogP contribution in [0.3, 0.4) is 0 Å². The Kier molecular flexibility index (Phi) is 4.79. The van der Waals surface area contributed by atoms with Crippen LogP contribution in [0, 0.1) is 23.7 Å². The van der Waals surface area contributed by atoms with E-state index in [1.807, 2.05) is 14.2 Å². The Labute approximate surface area is 120 Å². The van der Waals surface area contributed by atoms with Gasteiger partial charge in [0, 0.05) is 25.3 Å². The SMILES string of the molecule is CO[Si](OC)(C1CC(C)CC1C)C1CC(C)CC1C. The molecule has 0 aromatic heterocycles. The standard InChI is InChI=1S/C16H32O2Si/c1-11-7-13(3)15(9-11)19(17-5,18-6)16-10-12(2)8-14(16)4/h11-16H,7-10H2,1-6H3. The van der Waals surface area contributed by atoms with E-state index in [1.165, 1.54) is 25.7 Å². The van der Waals surface area contributed by atoms with E-state index >= 15 is 0 Å². The van der Waals surface area contributed by atoms with Gasteiger partial charge in [0.2, 0.25) is 0 Å². The maximum Gasteiger partial charge on any atom is 0.344 e. The molecule has 0 N–H and O–H groups in total. The Hall–Kier alpha value is 0.137. The molecule has 2 aliphatic rings. The molecule has 0 saturated heterocycles. The first-order valence-corrected chi connectivity index (χ1v) is 10.0. The molecule has 6 unspecified atom stereocenters. The zero-order valence-electron chi connectivity index (χ0n) is 13.6. The number of hydrogen-bond acceptors (Lipinski definition) is 2. The summed E-state index contributed by atoms with van der Waals surface area (Å²) in [6, 6.07) is 0. The lowest BCUT2D eigenvalue weighted by Crippen LogP contribution is -2.51. The van der Waals surface area contributed by atoms with Crippen molar-refractivity contribution in [1.82, 2.24) is 0 Å². The summed E-state index contributed by atoms with van der Waals surface area (Å²) in [7, 11) is 1.75. The lowest BCUT2D eigenvalue weighted by atomic mass is 10.1. The van der Waals surface area contributed by atoms with Crippen molar-refractivity contribution in [3.8, 4) is 0 Å². The summed E-state index contributed by atoms with van der Waals surface area (Å²) in [5.74, 6) is 3.21. The molecule has 2 aliphatic carbocycles. The average molecular weight is 285 g/mol. The van der Waals surface area contributed by atoms with Crippen LogP contribution in [0.4, 0.5) is 0 Å². The molecule has 0 aromatic rings. The Balaban J connectivity index is 2.27. The molecule has 0 aromatic carbocycles. The molecule has 2 rings (SSSR count). The third kappa shape index (κ3) is 2.66. The Bertz CT molecular complexity index is 277. The third-order valence-corrected chi connectivity index (χ3v) is 10.9. The van der Waals surface area contributed by atoms with Crippen LogP contribution in [0.15, 0.2) is 0 Å². The first-order valence-electron chi connectivity index (χ1n) is 8.04. The zero-order chi connectivity index (χ0) is 14.2. The molecule has 0 spiro atoms. The predicted octanol–water partition coefficient (Wildman–Crippen LogP) is 4.59. The van der Waals surface area contributed by atoms with Crippen molar-refractivity contribution < 1.29 is 8.85 Å². The summed E-state index contributed by atoms with van der Waals surface area (Å²) in [4.78, 5) is 0. The molecule has 2 nitrogen and oxygen atoms in total. The zero-order valence-corrected chi connectivity index (χ0v) is 14.6. The van der Waals surface area contributed by atoms with Crippen molar-refractivity contribution in [2.75, 3.05) is 14.2 Å². The minimum Gasteiger partial charge on any atom is -0.397 e. The molecule has 6 atom stereocenters. The van der Waals surface area contributed by atoms with Gasteiger partial charge in [0.1, 0.15) is 0 Å². The molecular weight excluding hydrogens is 252 g/mol. The van der Waals surface area contributed by atoms with Crippen molar-refractivity contribution in [2.45, 2.75) is 64.5 Å². The quantitative estimate of drug-likeness (QED) is 0.703. The van der Waals surface area contributed by atoms with Gasteiger partial charge in [-0.05, 0) is 49.4 Å². The molecule has 0 radical (unpaired) electrons. The molecule has 3 heteroatoms. The minimum absolute atomic E-state index is 0.690. The van der Waals surface area contributed by atoms with Gasteiger partial charge >= 0.3 is 8.56 Å². The van der Waals surface area contributed by atoms with Crippen LogP contribution in [0.5, 0.6) is 0 Å². The summed E-state index contributed by atoms with van der Waals surface area (Å²) >= 11 is 0. The van der Waals surface area contributed by atoms with Crippen molar-refractivity contribution in [3.05, 3.63) is 0 Å². The summed E-state index contributed by atoms with van der Waals surface area (Å²) in [5.41, 5.74) is 1.38. The Morgan fingerprint density at radius 3 is 1.26 bits per heavy atom. The Morgan fingerprint density at radius 1 is 0.684 bits per heavy atom. The minimum atomic E-state index is -2.09. The second kappa shape index (κ2) is 5.86. The van der Waals surface area contributed by atoms with Gasteiger partial charge < -0.3 is 8.85 Å². The fourth-order valence-corrected chi connectivity index (χ4v) is 10.5. The van der Waals surface area contributed by atoms with Crippen LogP contribution < -0.4 is 0 Å². The molecule has 112 valence electrons. The highest BCUT2D eigenvalue weighted by atomic mass is 28.4. The van der Waals surface area contributed by atoms with E-state index in [0.29, 0.717) is 11.1 Å². The van der Waals surface area contributed by atoms with E-state index in [1.54, 1.807) is 0 Å². The van der Waals surface area contributed by atoms with E-state index in [4.69, 9.17) is 8.85 Å². The lowest BCUT2D eigenvalue weighted by Gasteiger charge is -2.41. The van der Waals surface area contributed by atoms with E-state index in [0.717, 1.165) is 23.7 Å². The maximum atomic E-state index is 6.21. The largest absolute Gasteiger partial charge is 0.397 e. The molecule has 0 aliphatic heterocycles. The van der Waals surface area contributed by atoms with Crippen LogP contribution in [0.25, 0.3) is 0 Å². The van der Waals surface area contributed by atoms with E-state index in [9.17, 15) is 0 Å². The van der Waals surface area contributed by atoms with Crippen LogP contribution >= 0.6 is 0 Å². The van der Waals surface area contributed by atoms with Gasteiger partial charge in [-0.2, -0.15) is 0 Å². The molecule has 0 amide bonds. The summed E-state index contributed by atoms with van der Waals surface area (Å²) in [6.07, 6.45) is 5.32. The van der Waals surface area contributed by atoms with Gasteiger partial charge in [-0.25, -0.2) is 0 Å². The number of rotatable bonds is 4. The lowest BCUT2D eigenvalue weighted by molar-refractivity contribution is 0.199. The van der Waals surface area contributed by atoms with Crippen LogP contribution in [0.2, 0.25) is 11.1 Å².